The summed E-state index contributed by atoms with van der Waals surface area (Å²) in [5.74, 6) is 0.818. The van der Waals surface area contributed by atoms with Crippen molar-refractivity contribution in [3.63, 3.8) is 0 Å². The Hall–Kier alpha value is -1.56. The molecule has 2 atom stereocenters. The highest BCUT2D eigenvalue weighted by Crippen LogP contribution is 2.62. The fraction of sp³-hybridized carbons (Fsp3) is 0.333. The van der Waals surface area contributed by atoms with E-state index in [1.54, 1.807) is 5.56 Å². The summed E-state index contributed by atoms with van der Waals surface area (Å²) in [6.07, 6.45) is 7.36. The van der Waals surface area contributed by atoms with Gasteiger partial charge in [-0.05, 0) is 35.1 Å². The Bertz CT molecular complexity index is 589. The molecular weight excluding hydrogens is 216 g/mol. The Kier molecular flexibility index (Phi) is 2.74. The Labute approximate surface area is 109 Å². The summed E-state index contributed by atoms with van der Waals surface area (Å²) < 4.78 is 0. The second-order valence-corrected chi connectivity index (χ2v) is 5.13. The van der Waals surface area contributed by atoms with Crippen molar-refractivity contribution in [2.45, 2.75) is 32.1 Å². The lowest BCUT2D eigenvalue weighted by molar-refractivity contribution is 0.704. The quantitative estimate of drug-likeness (QED) is 0.605. The number of rotatable bonds is 1. The predicted octanol–water partition coefficient (Wildman–Crippen LogP) is 5.08. The van der Waals surface area contributed by atoms with Gasteiger partial charge in [-0.2, -0.15) is 0 Å². The molecule has 0 spiro atoms. The number of hydrogen-bond donors (Lipinski definition) is 0. The lowest BCUT2D eigenvalue weighted by atomic mass is 9.88. The molecule has 0 N–H and O–H groups in total. The molecule has 0 nitrogen and oxygen atoms in total. The van der Waals surface area contributed by atoms with E-state index in [-0.39, 0.29) is 0 Å². The van der Waals surface area contributed by atoms with Crippen molar-refractivity contribution < 1.29 is 0 Å². The molecular formula is C18H20. The van der Waals surface area contributed by atoms with Gasteiger partial charge in [0, 0.05) is 5.41 Å². The highest BCUT2D eigenvalue weighted by molar-refractivity contribution is 5.87. The van der Waals surface area contributed by atoms with Crippen molar-refractivity contribution in [1.82, 2.24) is 0 Å². The molecule has 1 unspecified atom stereocenters. The second kappa shape index (κ2) is 4.28. The van der Waals surface area contributed by atoms with E-state index in [0.29, 0.717) is 5.41 Å². The molecule has 2 aliphatic carbocycles. The van der Waals surface area contributed by atoms with Crippen molar-refractivity contribution >= 4 is 10.8 Å². The summed E-state index contributed by atoms with van der Waals surface area (Å²) in [6, 6.07) is 15.5. The molecule has 18 heavy (non-hydrogen) atoms. The minimum Gasteiger partial charge on any atom is -0.0873 e. The van der Waals surface area contributed by atoms with Gasteiger partial charge in [-0.3, -0.25) is 0 Å². The first-order valence-corrected chi connectivity index (χ1v) is 7.05. The zero-order chi connectivity index (χ0) is 12.6. The van der Waals surface area contributed by atoms with Crippen molar-refractivity contribution in [3.05, 3.63) is 60.2 Å². The van der Waals surface area contributed by atoms with E-state index >= 15 is 0 Å². The molecule has 0 heterocycles. The van der Waals surface area contributed by atoms with Crippen LogP contribution in [0.5, 0.6) is 0 Å². The smallest absolute Gasteiger partial charge is 0.00625 e. The standard InChI is InChI=1S/C16H14.C2H6/c1-2-8-14-12(5-1)6-3-9-15(14)16-10-4-7-13(16)11-16;1-2/h1-9,13H,10-11H2;1-2H3/t13?,16-;/m1./s1. The third kappa shape index (κ3) is 1.52. The summed E-state index contributed by atoms with van der Waals surface area (Å²) in [5.41, 5.74) is 2.04. The first-order valence-electron chi connectivity index (χ1n) is 7.05. The molecule has 0 aliphatic heterocycles. The molecule has 0 radical (unpaired) electrons. The molecule has 1 saturated carbocycles. The van der Waals surface area contributed by atoms with E-state index in [0.717, 1.165) is 5.92 Å². The summed E-state index contributed by atoms with van der Waals surface area (Å²) in [4.78, 5) is 0. The molecule has 2 aliphatic rings. The van der Waals surface area contributed by atoms with Crippen LogP contribution in [-0.4, -0.2) is 0 Å². The van der Waals surface area contributed by atoms with Crippen LogP contribution in [0.1, 0.15) is 32.3 Å². The molecule has 2 aromatic carbocycles. The topological polar surface area (TPSA) is 0 Å². The minimum atomic E-state index is 0.473. The van der Waals surface area contributed by atoms with Crippen LogP contribution in [0.2, 0.25) is 0 Å². The van der Waals surface area contributed by atoms with E-state index in [9.17, 15) is 0 Å². The molecule has 0 aromatic heterocycles. The maximum absolute atomic E-state index is 2.40. The van der Waals surface area contributed by atoms with Crippen LogP contribution in [0, 0.1) is 5.92 Å². The number of allylic oxidation sites excluding steroid dienone is 2. The van der Waals surface area contributed by atoms with Gasteiger partial charge in [-0.15, -0.1) is 0 Å². The first-order chi connectivity index (χ1) is 8.90. The zero-order valence-corrected chi connectivity index (χ0v) is 11.2. The summed E-state index contributed by atoms with van der Waals surface area (Å²) in [5, 5.41) is 2.84. The third-order valence-corrected chi connectivity index (χ3v) is 4.31. The number of benzene rings is 2. The molecule has 0 saturated heterocycles. The van der Waals surface area contributed by atoms with Crippen LogP contribution in [0.25, 0.3) is 10.8 Å². The first kappa shape index (κ1) is 11.5. The van der Waals surface area contributed by atoms with Gasteiger partial charge in [-0.1, -0.05) is 68.5 Å². The van der Waals surface area contributed by atoms with Gasteiger partial charge in [0.15, 0.2) is 0 Å². The Morgan fingerprint density at radius 1 is 1.00 bits per heavy atom. The van der Waals surface area contributed by atoms with Crippen LogP contribution in [-0.2, 0) is 5.41 Å². The van der Waals surface area contributed by atoms with Crippen molar-refractivity contribution in [1.29, 1.82) is 0 Å². The molecule has 1 fully saturated rings. The lowest BCUT2D eigenvalue weighted by Gasteiger charge is -2.15. The van der Waals surface area contributed by atoms with Crippen LogP contribution in [0.15, 0.2) is 54.6 Å². The largest absolute Gasteiger partial charge is 0.0873 e. The summed E-state index contributed by atoms with van der Waals surface area (Å²) in [6.45, 7) is 4.00. The fourth-order valence-corrected chi connectivity index (χ4v) is 3.34. The fourth-order valence-electron chi connectivity index (χ4n) is 3.34. The summed E-state index contributed by atoms with van der Waals surface area (Å²) >= 11 is 0. The molecule has 0 heteroatoms. The Morgan fingerprint density at radius 3 is 2.50 bits per heavy atom. The second-order valence-electron chi connectivity index (χ2n) is 5.13. The molecule has 0 bridgehead atoms. The minimum absolute atomic E-state index is 0.473. The molecule has 2 aromatic rings. The van der Waals surface area contributed by atoms with Crippen LogP contribution in [0.3, 0.4) is 0 Å². The maximum atomic E-state index is 2.40. The number of fused-ring (bicyclic) bond motifs is 2. The van der Waals surface area contributed by atoms with Gasteiger partial charge < -0.3 is 0 Å². The summed E-state index contributed by atoms with van der Waals surface area (Å²) in [7, 11) is 0. The Morgan fingerprint density at radius 2 is 1.78 bits per heavy atom. The van der Waals surface area contributed by atoms with E-state index in [1.165, 1.54) is 23.6 Å². The Balaban J connectivity index is 0.000000478. The highest BCUT2D eigenvalue weighted by Gasteiger charge is 2.55. The van der Waals surface area contributed by atoms with Crippen LogP contribution >= 0.6 is 0 Å². The predicted molar refractivity (Wildman–Crippen MR) is 78.8 cm³/mol. The van der Waals surface area contributed by atoms with Gasteiger partial charge >= 0.3 is 0 Å². The van der Waals surface area contributed by atoms with Crippen molar-refractivity contribution in [2.75, 3.05) is 0 Å². The number of hydrogen-bond acceptors (Lipinski definition) is 0. The van der Waals surface area contributed by atoms with Crippen LogP contribution < -0.4 is 0 Å². The molecule has 4 rings (SSSR count). The SMILES string of the molecule is C1=CC2C[C@]2(c2cccc3ccccc23)C1.CC. The van der Waals surface area contributed by atoms with Gasteiger partial charge in [0.05, 0.1) is 0 Å². The maximum Gasteiger partial charge on any atom is 0.00625 e. The van der Waals surface area contributed by atoms with Crippen molar-refractivity contribution in [3.8, 4) is 0 Å². The van der Waals surface area contributed by atoms with Gasteiger partial charge in [0.1, 0.15) is 0 Å². The average molecular weight is 236 g/mol. The van der Waals surface area contributed by atoms with Crippen molar-refractivity contribution in [2.24, 2.45) is 5.92 Å². The molecule has 0 amide bonds. The van der Waals surface area contributed by atoms with Gasteiger partial charge in [0.25, 0.3) is 0 Å². The molecule has 92 valence electrons. The van der Waals surface area contributed by atoms with E-state index in [2.05, 4.69) is 54.6 Å². The van der Waals surface area contributed by atoms with E-state index < -0.39 is 0 Å². The van der Waals surface area contributed by atoms with Gasteiger partial charge in [-0.25, -0.2) is 0 Å². The van der Waals surface area contributed by atoms with E-state index in [4.69, 9.17) is 0 Å². The average Bonchev–Trinajstić information content (AvgIpc) is 3.02. The third-order valence-electron chi connectivity index (χ3n) is 4.31. The monoisotopic (exact) mass is 236 g/mol. The highest BCUT2D eigenvalue weighted by atomic mass is 14.6. The normalized spacial score (nSPS) is 27.6. The van der Waals surface area contributed by atoms with Gasteiger partial charge in [0.2, 0.25) is 0 Å². The van der Waals surface area contributed by atoms with Crippen LogP contribution in [0.4, 0.5) is 0 Å². The zero-order valence-electron chi connectivity index (χ0n) is 11.2. The van der Waals surface area contributed by atoms with E-state index in [1.807, 2.05) is 13.8 Å². The lowest BCUT2D eigenvalue weighted by Crippen LogP contribution is -2.05.